The van der Waals surface area contributed by atoms with Gasteiger partial charge in [-0.3, -0.25) is 4.57 Å². The fourth-order valence-corrected chi connectivity index (χ4v) is 4.56. The van der Waals surface area contributed by atoms with Crippen LogP contribution >= 0.6 is 30.3 Å². The first-order chi connectivity index (χ1) is 8.02. The van der Waals surface area contributed by atoms with Gasteiger partial charge in [-0.2, -0.15) is 0 Å². The summed E-state index contributed by atoms with van der Waals surface area (Å²) in [5, 5.41) is 3.83. The molecule has 0 bridgehead atoms. The molecule has 0 fully saturated rings. The number of hydrogen-bond donors (Lipinski definition) is 0. The highest BCUT2D eigenvalue weighted by molar-refractivity contribution is 7.57. The Kier molecular flexibility index (Phi) is 3.94. The first kappa shape index (κ1) is 13.1. The largest absolute Gasteiger partial charge is 0.329 e. The normalized spacial score (nSPS) is 15.0. The van der Waals surface area contributed by atoms with Gasteiger partial charge in [0.25, 0.3) is 0 Å². The summed E-state index contributed by atoms with van der Waals surface area (Å²) in [6.07, 6.45) is 0.473. The molecule has 0 aliphatic carbocycles. The Morgan fingerprint density at radius 2 is 2.24 bits per heavy atom. The maximum Gasteiger partial charge on any atom is 0.204 e. The molecule has 5 heteroatoms. The first-order valence-corrected chi connectivity index (χ1v) is 8.90. The van der Waals surface area contributed by atoms with Crippen LogP contribution in [0.15, 0.2) is 23.6 Å². The van der Waals surface area contributed by atoms with Gasteiger partial charge in [0.2, 0.25) is 7.37 Å². The Bertz CT molecular complexity index is 579. The quantitative estimate of drug-likeness (QED) is 0.740. The van der Waals surface area contributed by atoms with Crippen molar-refractivity contribution in [3.05, 3.63) is 34.2 Å². The number of hydrogen-bond acceptors (Lipinski definition) is 3. The fourth-order valence-electron chi connectivity index (χ4n) is 1.80. The SMILES string of the molecule is CCOP(C)(=O)Cc1csc2ccc(Cl)cc12. The minimum atomic E-state index is -2.54. The van der Waals surface area contributed by atoms with Gasteiger partial charge in [0.05, 0.1) is 12.8 Å². The van der Waals surface area contributed by atoms with Crippen molar-refractivity contribution in [3.63, 3.8) is 0 Å². The molecule has 17 heavy (non-hydrogen) atoms. The van der Waals surface area contributed by atoms with Gasteiger partial charge in [-0.15, -0.1) is 11.3 Å². The van der Waals surface area contributed by atoms with Crippen LogP contribution in [-0.2, 0) is 15.3 Å². The van der Waals surface area contributed by atoms with Gasteiger partial charge < -0.3 is 4.52 Å². The summed E-state index contributed by atoms with van der Waals surface area (Å²) in [6, 6.07) is 5.79. The molecule has 92 valence electrons. The van der Waals surface area contributed by atoms with Gasteiger partial charge in [0, 0.05) is 16.4 Å². The number of rotatable bonds is 4. The van der Waals surface area contributed by atoms with Gasteiger partial charge in [0.15, 0.2) is 0 Å². The smallest absolute Gasteiger partial charge is 0.204 e. The molecule has 0 saturated heterocycles. The number of halogens is 1. The van der Waals surface area contributed by atoms with E-state index in [1.807, 2.05) is 30.5 Å². The number of fused-ring (bicyclic) bond motifs is 1. The minimum absolute atomic E-state index is 0.473. The molecule has 1 atom stereocenters. The van der Waals surface area contributed by atoms with Crippen LogP contribution in [0.3, 0.4) is 0 Å². The van der Waals surface area contributed by atoms with Crippen molar-refractivity contribution in [2.45, 2.75) is 13.1 Å². The van der Waals surface area contributed by atoms with E-state index >= 15 is 0 Å². The zero-order valence-corrected chi connectivity index (χ0v) is 12.2. The van der Waals surface area contributed by atoms with Gasteiger partial charge in [-0.05, 0) is 41.5 Å². The van der Waals surface area contributed by atoms with Gasteiger partial charge in [-0.25, -0.2) is 0 Å². The highest BCUT2D eigenvalue weighted by atomic mass is 35.5. The van der Waals surface area contributed by atoms with Crippen molar-refractivity contribution in [2.75, 3.05) is 13.3 Å². The van der Waals surface area contributed by atoms with Crippen molar-refractivity contribution in [1.82, 2.24) is 0 Å². The first-order valence-electron chi connectivity index (χ1n) is 5.38. The third-order valence-corrected chi connectivity index (χ3v) is 5.44. The Balaban J connectivity index is 2.36. The van der Waals surface area contributed by atoms with Crippen LogP contribution in [0.1, 0.15) is 12.5 Å². The molecular formula is C12H14ClO2PS. The molecule has 0 aliphatic heterocycles. The monoisotopic (exact) mass is 288 g/mol. The van der Waals surface area contributed by atoms with Crippen molar-refractivity contribution >= 4 is 40.4 Å². The second-order valence-corrected chi connectivity index (χ2v) is 7.94. The van der Waals surface area contributed by atoms with E-state index in [9.17, 15) is 4.57 Å². The minimum Gasteiger partial charge on any atom is -0.329 e. The molecule has 0 saturated carbocycles. The summed E-state index contributed by atoms with van der Waals surface area (Å²) in [4.78, 5) is 0. The van der Waals surface area contributed by atoms with Crippen molar-refractivity contribution < 1.29 is 9.09 Å². The lowest BCUT2D eigenvalue weighted by Crippen LogP contribution is -1.91. The zero-order valence-electron chi connectivity index (χ0n) is 9.77. The maximum absolute atomic E-state index is 12.2. The van der Waals surface area contributed by atoms with Crippen LogP contribution in [0, 0.1) is 0 Å². The lowest BCUT2D eigenvalue weighted by Gasteiger charge is -2.11. The molecule has 2 aromatic rings. The Morgan fingerprint density at radius 3 is 2.94 bits per heavy atom. The van der Waals surface area contributed by atoms with E-state index in [0.717, 1.165) is 10.9 Å². The van der Waals surface area contributed by atoms with E-state index in [1.54, 1.807) is 18.0 Å². The van der Waals surface area contributed by atoms with E-state index in [2.05, 4.69) is 0 Å². The molecule has 2 rings (SSSR count). The summed E-state index contributed by atoms with van der Waals surface area (Å²) < 4.78 is 18.6. The van der Waals surface area contributed by atoms with Gasteiger partial charge in [-0.1, -0.05) is 11.6 Å². The Morgan fingerprint density at radius 1 is 1.47 bits per heavy atom. The molecule has 1 aromatic carbocycles. The van der Waals surface area contributed by atoms with Crippen molar-refractivity contribution in [3.8, 4) is 0 Å². The summed E-state index contributed by atoms with van der Waals surface area (Å²) >= 11 is 7.63. The molecular weight excluding hydrogens is 275 g/mol. The third-order valence-electron chi connectivity index (χ3n) is 2.48. The molecule has 0 spiro atoms. The Hall–Kier alpha value is -0.340. The predicted octanol–water partition coefficient (Wildman–Crippen LogP) is 5.00. The van der Waals surface area contributed by atoms with Gasteiger partial charge in [0.1, 0.15) is 0 Å². The second-order valence-electron chi connectivity index (χ2n) is 3.99. The fraction of sp³-hybridized carbons (Fsp3) is 0.333. The average molecular weight is 289 g/mol. The molecule has 0 N–H and O–H groups in total. The number of benzene rings is 1. The topological polar surface area (TPSA) is 26.3 Å². The van der Waals surface area contributed by atoms with Crippen LogP contribution in [0.5, 0.6) is 0 Å². The Labute approximate surface area is 110 Å². The lowest BCUT2D eigenvalue weighted by atomic mass is 10.2. The average Bonchev–Trinajstić information content (AvgIpc) is 2.60. The van der Waals surface area contributed by atoms with E-state index in [1.165, 1.54) is 4.70 Å². The molecule has 1 heterocycles. The van der Waals surface area contributed by atoms with Crippen LogP contribution in [0.2, 0.25) is 5.02 Å². The molecule has 1 unspecified atom stereocenters. The highest BCUT2D eigenvalue weighted by Gasteiger charge is 2.18. The van der Waals surface area contributed by atoms with Crippen molar-refractivity contribution in [1.29, 1.82) is 0 Å². The van der Waals surface area contributed by atoms with E-state index in [4.69, 9.17) is 16.1 Å². The lowest BCUT2D eigenvalue weighted by molar-refractivity contribution is 0.336. The van der Waals surface area contributed by atoms with E-state index in [-0.39, 0.29) is 0 Å². The number of thiophene rings is 1. The molecule has 0 radical (unpaired) electrons. The van der Waals surface area contributed by atoms with Crippen LogP contribution in [0.25, 0.3) is 10.1 Å². The summed E-state index contributed by atoms with van der Waals surface area (Å²) in [6.45, 7) is 4.03. The second kappa shape index (κ2) is 5.11. The summed E-state index contributed by atoms with van der Waals surface area (Å²) in [5.41, 5.74) is 1.06. The molecule has 0 amide bonds. The summed E-state index contributed by atoms with van der Waals surface area (Å²) in [5.74, 6) is 0. The molecule has 1 aromatic heterocycles. The van der Waals surface area contributed by atoms with Crippen molar-refractivity contribution in [2.24, 2.45) is 0 Å². The predicted molar refractivity (Wildman–Crippen MR) is 75.7 cm³/mol. The molecule has 2 nitrogen and oxygen atoms in total. The zero-order chi connectivity index (χ0) is 12.5. The van der Waals surface area contributed by atoms with Crippen LogP contribution in [0.4, 0.5) is 0 Å². The summed E-state index contributed by atoms with van der Waals surface area (Å²) in [7, 11) is -2.54. The van der Waals surface area contributed by atoms with Crippen LogP contribution in [-0.4, -0.2) is 13.3 Å². The van der Waals surface area contributed by atoms with E-state index < -0.39 is 7.37 Å². The standard InChI is InChI=1S/C12H14ClO2PS/c1-3-15-16(2,14)7-9-8-17-12-5-4-10(13)6-11(9)12/h4-6,8H,3,7H2,1-2H3. The van der Waals surface area contributed by atoms with Crippen LogP contribution < -0.4 is 0 Å². The van der Waals surface area contributed by atoms with E-state index in [0.29, 0.717) is 17.8 Å². The van der Waals surface area contributed by atoms with Gasteiger partial charge >= 0.3 is 0 Å². The molecule has 0 aliphatic rings. The maximum atomic E-state index is 12.2. The highest BCUT2D eigenvalue weighted by Crippen LogP contribution is 2.48. The third kappa shape index (κ3) is 3.11.